The fourth-order valence-corrected chi connectivity index (χ4v) is 4.02. The zero-order valence-electron chi connectivity index (χ0n) is 18.5. The molecule has 1 amide bonds. The molecule has 2 aromatic carbocycles. The minimum atomic E-state index is -0.874. The Hall–Kier alpha value is -4.40. The fourth-order valence-electron chi connectivity index (χ4n) is 4.02. The molecular weight excluding hydrogens is 436 g/mol. The number of carbonyl (C=O) groups excluding carboxylic acids is 1. The Morgan fingerprint density at radius 3 is 2.03 bits per heavy atom. The number of rotatable bonds is 7. The Bertz CT molecular complexity index is 1370. The number of amides is 1. The predicted molar refractivity (Wildman–Crippen MR) is 128 cm³/mol. The monoisotopic (exact) mass is 460 g/mol. The van der Waals surface area contributed by atoms with Gasteiger partial charge in [0.1, 0.15) is 18.9 Å². The maximum Gasteiger partial charge on any atom is 0.337 e. The Morgan fingerprint density at radius 2 is 1.41 bits per heavy atom. The van der Waals surface area contributed by atoms with Gasteiger partial charge in [0.05, 0.1) is 24.8 Å². The molecule has 1 aliphatic rings. The van der Waals surface area contributed by atoms with E-state index >= 15 is 0 Å². The van der Waals surface area contributed by atoms with Crippen molar-refractivity contribution in [3.05, 3.63) is 117 Å². The van der Waals surface area contributed by atoms with Crippen LogP contribution in [-0.2, 0) is 24.4 Å². The van der Waals surface area contributed by atoms with Gasteiger partial charge >= 0.3 is 17.1 Å². The summed E-state index contributed by atoms with van der Waals surface area (Å²) in [6.45, 7) is 6.58. The van der Waals surface area contributed by atoms with Crippen LogP contribution in [0.4, 0.5) is 5.69 Å². The van der Waals surface area contributed by atoms with E-state index in [1.807, 2.05) is 30.3 Å². The topological polar surface area (TPSA) is 95.5 Å². The van der Waals surface area contributed by atoms with Gasteiger partial charge in [-0.25, -0.2) is 28.1 Å². The van der Waals surface area contributed by atoms with Gasteiger partial charge in [-0.1, -0.05) is 54.6 Å². The molecule has 0 saturated heterocycles. The molecule has 0 bridgehead atoms. The molecule has 4 rings (SSSR count). The summed E-state index contributed by atoms with van der Waals surface area (Å²) in [6.07, 6.45) is 2.75. The number of fused-ring (bicyclic) bond motifs is 1. The van der Waals surface area contributed by atoms with Gasteiger partial charge in [0, 0.05) is 0 Å². The fraction of sp³-hybridized carbons (Fsp3) is 0.200. The van der Waals surface area contributed by atoms with Gasteiger partial charge in [0.15, 0.2) is 0 Å². The molecule has 0 N–H and O–H groups in total. The zero-order chi connectivity index (χ0) is 24.2. The van der Waals surface area contributed by atoms with Crippen LogP contribution in [0.2, 0.25) is 0 Å². The highest BCUT2D eigenvalue weighted by Crippen LogP contribution is 2.39. The average molecular weight is 460 g/mol. The molecule has 174 valence electrons. The van der Waals surface area contributed by atoms with Gasteiger partial charge in [-0.05, 0) is 17.7 Å². The molecule has 0 spiro atoms. The van der Waals surface area contributed by atoms with Crippen LogP contribution in [0, 0.1) is 0 Å². The molecule has 1 aliphatic heterocycles. The highest BCUT2D eigenvalue weighted by molar-refractivity contribution is 5.96. The van der Waals surface area contributed by atoms with Crippen LogP contribution in [0.1, 0.15) is 11.6 Å². The molecule has 9 nitrogen and oxygen atoms in total. The molecule has 2 heterocycles. The normalized spacial score (nSPS) is 14.7. The number of nitrogens with zero attached hydrogens (tertiary/aromatic N) is 4. The molecule has 0 saturated carbocycles. The summed E-state index contributed by atoms with van der Waals surface area (Å²) < 4.78 is 8.40. The summed E-state index contributed by atoms with van der Waals surface area (Å²) in [4.78, 5) is 53.9. The van der Waals surface area contributed by atoms with Crippen molar-refractivity contribution in [1.29, 1.82) is 0 Å². The molecule has 3 aromatic rings. The van der Waals surface area contributed by atoms with Gasteiger partial charge in [-0.2, -0.15) is 0 Å². The molecule has 1 atom stereocenters. The predicted octanol–water partition coefficient (Wildman–Crippen LogP) is 1.71. The van der Waals surface area contributed by atoms with Crippen LogP contribution in [0.25, 0.3) is 0 Å². The Labute approximate surface area is 195 Å². The van der Waals surface area contributed by atoms with Crippen molar-refractivity contribution >= 4 is 11.6 Å². The summed E-state index contributed by atoms with van der Waals surface area (Å²) in [7, 11) is 0. The van der Waals surface area contributed by atoms with E-state index in [-0.39, 0.29) is 19.7 Å². The minimum Gasteiger partial charge on any atom is -0.489 e. The number of hydrogen-bond donors (Lipinski definition) is 0. The zero-order valence-corrected chi connectivity index (χ0v) is 18.5. The van der Waals surface area contributed by atoms with E-state index in [0.29, 0.717) is 11.4 Å². The summed E-state index contributed by atoms with van der Waals surface area (Å²) in [5, 5.41) is 0. The smallest absolute Gasteiger partial charge is 0.337 e. The molecule has 0 aliphatic carbocycles. The van der Waals surface area contributed by atoms with E-state index in [1.54, 1.807) is 29.2 Å². The first-order valence-electron chi connectivity index (χ1n) is 10.7. The maximum absolute atomic E-state index is 13.7. The van der Waals surface area contributed by atoms with Gasteiger partial charge in [-0.15, -0.1) is 13.2 Å². The van der Waals surface area contributed by atoms with Crippen LogP contribution in [0.15, 0.2) is 94.3 Å². The standard InChI is InChI=1S/C25H24N4O5/c1-3-14-26-23(31)27(15-4-2)25(33)28(24(26)32)16-22(30)29-19-12-8-9-13-21(19)34-17-20(29)18-10-6-5-7-11-18/h3-13,20H,1-2,14-17H2. The van der Waals surface area contributed by atoms with Crippen molar-refractivity contribution in [2.75, 3.05) is 11.5 Å². The third-order valence-electron chi connectivity index (χ3n) is 5.59. The second-order valence-corrected chi connectivity index (χ2v) is 7.70. The van der Waals surface area contributed by atoms with Crippen LogP contribution in [0.3, 0.4) is 0 Å². The second kappa shape index (κ2) is 9.62. The van der Waals surface area contributed by atoms with Gasteiger partial charge in [0.2, 0.25) is 5.91 Å². The molecule has 1 aromatic heterocycles. The quantitative estimate of drug-likeness (QED) is 0.501. The maximum atomic E-state index is 13.7. The average Bonchev–Trinajstić information content (AvgIpc) is 2.86. The van der Waals surface area contributed by atoms with Crippen molar-refractivity contribution in [3.8, 4) is 5.75 Å². The van der Waals surface area contributed by atoms with Crippen molar-refractivity contribution in [2.45, 2.75) is 25.7 Å². The summed E-state index contributed by atoms with van der Waals surface area (Å²) in [6, 6.07) is 16.0. The Morgan fingerprint density at radius 1 is 0.853 bits per heavy atom. The summed E-state index contributed by atoms with van der Waals surface area (Å²) in [5.74, 6) is 0.0360. The highest BCUT2D eigenvalue weighted by Gasteiger charge is 2.34. The number of anilines is 1. The van der Waals surface area contributed by atoms with E-state index in [2.05, 4.69) is 13.2 Å². The van der Waals surface area contributed by atoms with E-state index in [4.69, 9.17) is 4.74 Å². The number of para-hydroxylation sites is 2. The third kappa shape index (κ3) is 4.03. The molecule has 0 radical (unpaired) electrons. The minimum absolute atomic E-state index is 0.101. The lowest BCUT2D eigenvalue weighted by Gasteiger charge is -2.37. The Balaban J connectivity index is 1.83. The van der Waals surface area contributed by atoms with E-state index in [9.17, 15) is 19.2 Å². The van der Waals surface area contributed by atoms with E-state index < -0.39 is 35.6 Å². The Kier molecular flexibility index (Phi) is 6.44. The molecular formula is C25H24N4O5. The first-order chi connectivity index (χ1) is 16.5. The number of ether oxygens (including phenoxy) is 1. The van der Waals surface area contributed by atoms with Crippen molar-refractivity contribution in [2.24, 2.45) is 0 Å². The number of carbonyl (C=O) groups is 1. The largest absolute Gasteiger partial charge is 0.489 e. The van der Waals surface area contributed by atoms with Crippen molar-refractivity contribution in [3.63, 3.8) is 0 Å². The van der Waals surface area contributed by atoms with Gasteiger partial charge in [0.25, 0.3) is 0 Å². The van der Waals surface area contributed by atoms with E-state index in [0.717, 1.165) is 19.3 Å². The van der Waals surface area contributed by atoms with Gasteiger partial charge in [-0.3, -0.25) is 9.69 Å². The van der Waals surface area contributed by atoms with E-state index in [1.165, 1.54) is 12.2 Å². The highest BCUT2D eigenvalue weighted by atomic mass is 16.5. The third-order valence-corrected chi connectivity index (χ3v) is 5.59. The first kappa shape index (κ1) is 22.8. The molecule has 34 heavy (non-hydrogen) atoms. The first-order valence-corrected chi connectivity index (χ1v) is 10.7. The number of benzene rings is 2. The van der Waals surface area contributed by atoms with Crippen LogP contribution in [-0.4, -0.2) is 26.2 Å². The summed E-state index contributed by atoms with van der Waals surface area (Å²) >= 11 is 0. The van der Waals surface area contributed by atoms with Crippen LogP contribution >= 0.6 is 0 Å². The van der Waals surface area contributed by atoms with Crippen LogP contribution in [0.5, 0.6) is 5.75 Å². The lowest BCUT2D eigenvalue weighted by Crippen LogP contribution is -2.56. The number of hydrogen-bond acceptors (Lipinski definition) is 5. The molecule has 1 unspecified atom stereocenters. The second-order valence-electron chi connectivity index (χ2n) is 7.70. The SMILES string of the molecule is C=CCn1c(=O)n(CC=C)c(=O)n(CC(=O)N2c3ccccc3OCC2c2ccccc2)c1=O. The molecule has 9 heteroatoms. The van der Waals surface area contributed by atoms with Crippen molar-refractivity contribution < 1.29 is 9.53 Å². The number of aromatic nitrogens is 3. The van der Waals surface area contributed by atoms with Crippen molar-refractivity contribution in [1.82, 2.24) is 13.7 Å². The summed E-state index contributed by atoms with van der Waals surface area (Å²) in [5.41, 5.74) is -1.15. The lowest BCUT2D eigenvalue weighted by molar-refractivity contribution is -0.120. The number of allylic oxidation sites excluding steroid dienone is 2. The van der Waals surface area contributed by atoms with Crippen LogP contribution < -0.4 is 26.7 Å². The van der Waals surface area contributed by atoms with Gasteiger partial charge < -0.3 is 4.74 Å². The molecule has 0 fully saturated rings. The lowest BCUT2D eigenvalue weighted by atomic mass is 10.0.